The van der Waals surface area contributed by atoms with Crippen LogP contribution in [0.2, 0.25) is 0 Å². The van der Waals surface area contributed by atoms with Crippen molar-refractivity contribution >= 4 is 30.0 Å². The van der Waals surface area contributed by atoms with E-state index in [4.69, 9.17) is 14.7 Å². The van der Waals surface area contributed by atoms with Gasteiger partial charge in [-0.05, 0) is 50.4 Å². The van der Waals surface area contributed by atoms with E-state index in [0.29, 0.717) is 24.0 Å². The summed E-state index contributed by atoms with van der Waals surface area (Å²) < 4.78 is 14.7. The summed E-state index contributed by atoms with van der Waals surface area (Å²) in [6, 6.07) is -0.841. The monoisotopic (exact) mass is 570 g/mol. The first kappa shape index (κ1) is 36.4. The zero-order valence-corrected chi connectivity index (χ0v) is 24.6. The molecule has 40 heavy (non-hydrogen) atoms. The van der Waals surface area contributed by atoms with Crippen LogP contribution in [-0.2, 0) is 28.6 Å². The van der Waals surface area contributed by atoms with Gasteiger partial charge in [0.1, 0.15) is 19.8 Å². The van der Waals surface area contributed by atoms with E-state index >= 15 is 0 Å². The lowest BCUT2D eigenvalue weighted by molar-refractivity contribution is -0.150. The average molecular weight is 571 g/mol. The van der Waals surface area contributed by atoms with Crippen molar-refractivity contribution in [2.75, 3.05) is 33.4 Å². The number of carbonyl (C=O) groups excluding carboxylic acids is 5. The number of hydroxylamine groups is 1. The summed E-state index contributed by atoms with van der Waals surface area (Å²) in [6.45, 7) is 16.7. The van der Waals surface area contributed by atoms with Crippen molar-refractivity contribution in [1.82, 2.24) is 21.4 Å². The average Bonchev–Trinajstić information content (AvgIpc) is 2.86. The van der Waals surface area contributed by atoms with Crippen LogP contribution in [0.5, 0.6) is 0 Å². The molecule has 4 amide bonds. The molecule has 5 N–H and O–H groups in total. The molecule has 2 atom stereocenters. The van der Waals surface area contributed by atoms with Crippen LogP contribution >= 0.6 is 0 Å². The molecular weight excluding hydrogens is 524 g/mol. The van der Waals surface area contributed by atoms with Gasteiger partial charge in [-0.3, -0.25) is 10.0 Å². The normalized spacial score (nSPS) is 18.9. The quantitative estimate of drug-likeness (QED) is 0.0588. The van der Waals surface area contributed by atoms with E-state index in [1.807, 2.05) is 0 Å². The lowest BCUT2D eigenvalue weighted by atomic mass is 9.61. The Balaban J connectivity index is 0.000000983. The third kappa shape index (κ3) is 16.4. The molecule has 1 fully saturated rings. The molecule has 1 aliphatic carbocycles. The van der Waals surface area contributed by atoms with Gasteiger partial charge >= 0.3 is 30.0 Å². The molecular formula is C27H46N4O9. The predicted molar refractivity (Wildman–Crippen MR) is 147 cm³/mol. The zero-order chi connectivity index (χ0) is 30.9. The largest absolute Gasteiger partial charge is 0.462 e. The van der Waals surface area contributed by atoms with Crippen LogP contribution in [0.15, 0.2) is 24.3 Å². The Morgan fingerprint density at radius 3 is 1.95 bits per heavy atom. The molecule has 2 unspecified atom stereocenters. The Hall–Kier alpha value is -3.61. The van der Waals surface area contributed by atoms with Crippen LogP contribution < -0.4 is 21.4 Å². The Morgan fingerprint density at radius 1 is 0.875 bits per heavy atom. The number of rotatable bonds is 12. The minimum atomic E-state index is -0.744. The second-order valence-corrected chi connectivity index (χ2v) is 10.9. The van der Waals surface area contributed by atoms with Gasteiger partial charge in [0.2, 0.25) is 0 Å². The van der Waals surface area contributed by atoms with Gasteiger partial charge in [-0.25, -0.2) is 24.7 Å². The highest BCUT2D eigenvalue weighted by Crippen LogP contribution is 2.48. The molecule has 1 rings (SSSR count). The maximum Gasteiger partial charge on any atom is 0.338 e. The van der Waals surface area contributed by atoms with Gasteiger partial charge in [-0.1, -0.05) is 33.9 Å². The fourth-order valence-electron chi connectivity index (χ4n) is 4.54. The van der Waals surface area contributed by atoms with Crippen molar-refractivity contribution < 1.29 is 43.4 Å². The number of amides is 4. The SMILES string of the molecule is C=C(C)C(=O)OCCNC(=O)NO.C=C(C)C(=O)OCCOC(=O)CCC1(C)CC(NC(=O)NC)CC(C)(C)C1. The lowest BCUT2D eigenvalue weighted by Gasteiger charge is -2.47. The van der Waals surface area contributed by atoms with Crippen LogP contribution in [0.3, 0.4) is 0 Å². The number of carbonyl (C=O) groups is 5. The summed E-state index contributed by atoms with van der Waals surface area (Å²) in [6.07, 6.45) is 3.71. The van der Waals surface area contributed by atoms with E-state index in [1.54, 1.807) is 14.0 Å². The Kier molecular flexibility index (Phi) is 16.3. The molecule has 0 aromatic heterocycles. The van der Waals surface area contributed by atoms with Crippen molar-refractivity contribution in [3.05, 3.63) is 24.3 Å². The van der Waals surface area contributed by atoms with Gasteiger partial charge in [-0.2, -0.15) is 0 Å². The first-order chi connectivity index (χ1) is 18.5. The molecule has 228 valence electrons. The van der Waals surface area contributed by atoms with Crippen LogP contribution in [-0.4, -0.2) is 74.6 Å². The van der Waals surface area contributed by atoms with Gasteiger partial charge in [0.05, 0.1) is 6.54 Å². The number of urea groups is 2. The molecule has 0 heterocycles. The third-order valence-electron chi connectivity index (χ3n) is 5.94. The van der Waals surface area contributed by atoms with Crippen LogP contribution in [0.1, 0.15) is 66.7 Å². The van der Waals surface area contributed by atoms with E-state index < -0.39 is 18.0 Å². The van der Waals surface area contributed by atoms with Crippen molar-refractivity contribution in [1.29, 1.82) is 0 Å². The van der Waals surface area contributed by atoms with Gasteiger partial charge in [0.15, 0.2) is 0 Å². The highest BCUT2D eigenvalue weighted by atomic mass is 16.6. The molecule has 0 aromatic carbocycles. The molecule has 0 radical (unpaired) electrons. The predicted octanol–water partition coefficient (Wildman–Crippen LogP) is 2.74. The summed E-state index contributed by atoms with van der Waals surface area (Å²) in [7, 11) is 1.60. The Bertz CT molecular complexity index is 920. The van der Waals surface area contributed by atoms with Gasteiger partial charge in [-0.15, -0.1) is 0 Å². The lowest BCUT2D eigenvalue weighted by Crippen LogP contribution is -2.49. The maximum absolute atomic E-state index is 12.0. The number of ether oxygens (including phenoxy) is 3. The minimum Gasteiger partial charge on any atom is -0.462 e. The van der Waals surface area contributed by atoms with Gasteiger partial charge in [0.25, 0.3) is 0 Å². The zero-order valence-electron chi connectivity index (χ0n) is 24.6. The first-order valence-corrected chi connectivity index (χ1v) is 13.0. The molecule has 0 saturated heterocycles. The number of hydrogen-bond acceptors (Lipinski definition) is 9. The molecule has 1 aliphatic rings. The summed E-state index contributed by atoms with van der Waals surface area (Å²) in [5, 5.41) is 15.9. The standard InChI is InChI=1S/C20H34N2O5.C7H12N2O4/c1-14(2)17(24)27-10-9-26-16(23)7-8-20(5)12-15(22-18(25)21-6)11-19(3,4)13-20;1-5(2)6(10)13-4-3-8-7(11)9-12/h15H,1,7-13H2,2-6H3,(H2,21,22,25);12H,1,3-4H2,2H3,(H2,8,9,11). The third-order valence-corrected chi connectivity index (χ3v) is 5.94. The van der Waals surface area contributed by atoms with E-state index in [-0.39, 0.29) is 55.2 Å². The second kappa shape index (κ2) is 17.9. The highest BCUT2D eigenvalue weighted by Gasteiger charge is 2.41. The first-order valence-electron chi connectivity index (χ1n) is 13.0. The molecule has 1 saturated carbocycles. The topological polar surface area (TPSA) is 181 Å². The van der Waals surface area contributed by atoms with E-state index in [0.717, 1.165) is 19.3 Å². The Labute approximate surface area is 236 Å². The van der Waals surface area contributed by atoms with E-state index in [9.17, 15) is 24.0 Å². The smallest absolute Gasteiger partial charge is 0.338 e. The van der Waals surface area contributed by atoms with Crippen LogP contribution in [0, 0.1) is 10.8 Å². The van der Waals surface area contributed by atoms with Crippen LogP contribution in [0.25, 0.3) is 0 Å². The number of nitrogens with one attached hydrogen (secondary N) is 4. The summed E-state index contributed by atoms with van der Waals surface area (Å²) >= 11 is 0. The minimum absolute atomic E-state index is 0.0276. The Morgan fingerprint density at radius 2 is 1.43 bits per heavy atom. The van der Waals surface area contributed by atoms with Gasteiger partial charge in [0, 0.05) is 30.7 Å². The fraction of sp³-hybridized carbons (Fsp3) is 0.667. The van der Waals surface area contributed by atoms with E-state index in [1.165, 1.54) is 12.4 Å². The highest BCUT2D eigenvalue weighted by molar-refractivity contribution is 5.87. The molecule has 0 aromatic rings. The molecule has 0 spiro atoms. The summed E-state index contributed by atoms with van der Waals surface area (Å²) in [5.74, 6) is -1.30. The second-order valence-electron chi connectivity index (χ2n) is 10.9. The summed E-state index contributed by atoms with van der Waals surface area (Å²) in [4.78, 5) is 56.1. The molecule has 0 bridgehead atoms. The van der Waals surface area contributed by atoms with E-state index in [2.05, 4.69) is 54.6 Å². The summed E-state index contributed by atoms with van der Waals surface area (Å²) in [5.41, 5.74) is 2.01. The van der Waals surface area contributed by atoms with Crippen molar-refractivity contribution in [3.63, 3.8) is 0 Å². The fourth-order valence-corrected chi connectivity index (χ4v) is 4.54. The van der Waals surface area contributed by atoms with Crippen molar-refractivity contribution in [3.8, 4) is 0 Å². The van der Waals surface area contributed by atoms with Crippen molar-refractivity contribution in [2.24, 2.45) is 10.8 Å². The van der Waals surface area contributed by atoms with Crippen LogP contribution in [0.4, 0.5) is 9.59 Å². The number of hydrogen-bond donors (Lipinski definition) is 5. The molecule has 0 aliphatic heterocycles. The van der Waals surface area contributed by atoms with Crippen molar-refractivity contribution in [2.45, 2.75) is 72.8 Å². The maximum atomic E-state index is 12.0. The molecule has 13 nitrogen and oxygen atoms in total. The van der Waals surface area contributed by atoms with Gasteiger partial charge < -0.3 is 30.2 Å². The number of esters is 3. The molecule has 13 heteroatoms.